The second-order valence-corrected chi connectivity index (χ2v) is 10.2. The molecular formula is C18H19N9O3S2. The lowest BCUT2D eigenvalue weighted by Crippen LogP contribution is -2.56. The third-order valence-electron chi connectivity index (χ3n) is 5.16. The minimum atomic E-state index is -4.34. The van der Waals surface area contributed by atoms with Gasteiger partial charge in [0.05, 0.1) is 33.0 Å². The van der Waals surface area contributed by atoms with Crippen molar-refractivity contribution in [2.45, 2.75) is 15.2 Å². The third-order valence-corrected chi connectivity index (χ3v) is 7.72. The fourth-order valence-electron chi connectivity index (χ4n) is 3.50. The zero-order valence-corrected chi connectivity index (χ0v) is 18.3. The highest BCUT2D eigenvalue weighted by atomic mass is 32.2. The molecular weight excluding hydrogens is 454 g/mol. The smallest absolute Gasteiger partial charge is 0.240 e. The zero-order chi connectivity index (χ0) is 22.9. The molecule has 2 aromatic heterocycles. The SMILES string of the molecule is N#CC1(c2ccc(-c3ccc(S(=O)CCN)c(S(N)(=O)=O)c3-c3nn[nH]n3)cn2)CNC1. The molecule has 0 aliphatic carbocycles. The van der Waals surface area contributed by atoms with Gasteiger partial charge in [0.1, 0.15) is 10.3 Å². The fourth-order valence-corrected chi connectivity index (χ4v) is 5.93. The van der Waals surface area contributed by atoms with Crippen molar-refractivity contribution in [2.24, 2.45) is 10.9 Å². The second-order valence-electron chi connectivity index (χ2n) is 7.16. The van der Waals surface area contributed by atoms with E-state index in [2.05, 4.69) is 37.0 Å². The van der Waals surface area contributed by atoms with Crippen molar-refractivity contribution in [1.82, 2.24) is 30.9 Å². The summed E-state index contributed by atoms with van der Waals surface area (Å²) in [5, 5.41) is 31.8. The Morgan fingerprint density at radius 3 is 2.53 bits per heavy atom. The zero-order valence-electron chi connectivity index (χ0n) is 16.6. The van der Waals surface area contributed by atoms with Crippen LogP contribution in [-0.2, 0) is 26.2 Å². The van der Waals surface area contributed by atoms with E-state index < -0.39 is 26.2 Å². The fraction of sp³-hybridized carbons (Fsp3) is 0.278. The second kappa shape index (κ2) is 8.45. The van der Waals surface area contributed by atoms with E-state index in [9.17, 15) is 17.9 Å². The molecule has 32 heavy (non-hydrogen) atoms. The Kier molecular flexibility index (Phi) is 5.84. The number of nitrogens with two attached hydrogens (primary N) is 2. The number of hydrogen-bond donors (Lipinski definition) is 4. The molecule has 3 aromatic rings. The Balaban J connectivity index is 1.93. The summed E-state index contributed by atoms with van der Waals surface area (Å²) >= 11 is 0. The van der Waals surface area contributed by atoms with Gasteiger partial charge in [0.2, 0.25) is 15.8 Å². The van der Waals surface area contributed by atoms with Crippen molar-refractivity contribution in [3.63, 3.8) is 0 Å². The standard InChI is InChI=1S/C18H19N9O3S2/c19-5-6-31(28)13-3-2-12(15(16(13)32(21,29)30)17-24-26-27-25-17)11-1-4-14(23-7-11)18(8-20)9-22-10-18/h1-4,7,22H,5-6,9-10,19H2,(H2,21,29,30)(H,24,25,26,27). The summed E-state index contributed by atoms with van der Waals surface area (Å²) in [5.74, 6) is 0.0186. The van der Waals surface area contributed by atoms with E-state index in [1.165, 1.54) is 12.3 Å². The van der Waals surface area contributed by atoms with Crippen LogP contribution in [0.1, 0.15) is 5.69 Å². The molecule has 14 heteroatoms. The van der Waals surface area contributed by atoms with Crippen LogP contribution in [0.2, 0.25) is 0 Å². The number of aromatic nitrogens is 5. The number of hydrogen-bond acceptors (Lipinski definition) is 10. The highest BCUT2D eigenvalue weighted by molar-refractivity contribution is 7.91. The number of aromatic amines is 1. The summed E-state index contributed by atoms with van der Waals surface area (Å²) in [7, 11) is -6.06. The van der Waals surface area contributed by atoms with Crippen LogP contribution in [-0.4, -0.2) is 63.6 Å². The number of nitrogens with zero attached hydrogens (tertiary/aromatic N) is 5. The Bertz CT molecular complexity index is 1310. The number of sulfonamides is 1. The van der Waals surface area contributed by atoms with Gasteiger partial charge in [-0.2, -0.15) is 10.5 Å². The van der Waals surface area contributed by atoms with Crippen molar-refractivity contribution in [2.75, 3.05) is 25.4 Å². The minimum absolute atomic E-state index is 0.00931. The van der Waals surface area contributed by atoms with E-state index in [0.29, 0.717) is 29.9 Å². The summed E-state index contributed by atoms with van der Waals surface area (Å²) in [4.78, 5) is 4.09. The van der Waals surface area contributed by atoms with E-state index in [1.807, 2.05) is 0 Å². The molecule has 1 aliphatic rings. The molecule has 1 aromatic carbocycles. The topological polar surface area (TPSA) is 206 Å². The van der Waals surface area contributed by atoms with E-state index in [-0.39, 0.29) is 33.5 Å². The quantitative estimate of drug-likeness (QED) is 0.329. The molecule has 0 bridgehead atoms. The van der Waals surface area contributed by atoms with Crippen molar-refractivity contribution in [3.05, 3.63) is 36.2 Å². The first kappa shape index (κ1) is 22.1. The minimum Gasteiger partial charge on any atom is -0.330 e. The lowest BCUT2D eigenvalue weighted by Gasteiger charge is -2.35. The first-order valence-electron chi connectivity index (χ1n) is 9.41. The molecule has 0 saturated carbocycles. The van der Waals surface area contributed by atoms with Gasteiger partial charge >= 0.3 is 0 Å². The van der Waals surface area contributed by atoms with Gasteiger partial charge in [0.25, 0.3) is 0 Å². The number of H-pyrrole nitrogens is 1. The van der Waals surface area contributed by atoms with Crippen molar-refractivity contribution >= 4 is 20.8 Å². The Hall–Kier alpha value is -3.09. The predicted molar refractivity (Wildman–Crippen MR) is 115 cm³/mol. The molecule has 1 atom stereocenters. The monoisotopic (exact) mass is 473 g/mol. The molecule has 0 amide bonds. The largest absolute Gasteiger partial charge is 0.330 e. The molecule has 1 fully saturated rings. The van der Waals surface area contributed by atoms with Crippen LogP contribution in [0.25, 0.3) is 22.5 Å². The van der Waals surface area contributed by atoms with Crippen LogP contribution in [0.15, 0.2) is 40.3 Å². The summed E-state index contributed by atoms with van der Waals surface area (Å²) in [6, 6.07) is 8.77. The van der Waals surface area contributed by atoms with Crippen LogP contribution in [0.4, 0.5) is 0 Å². The maximum atomic E-state index is 12.7. The van der Waals surface area contributed by atoms with Gasteiger partial charge in [-0.1, -0.05) is 12.1 Å². The molecule has 12 nitrogen and oxygen atoms in total. The highest BCUT2D eigenvalue weighted by Crippen LogP contribution is 2.38. The van der Waals surface area contributed by atoms with Gasteiger partial charge in [-0.25, -0.2) is 13.6 Å². The Morgan fingerprint density at radius 2 is 2.03 bits per heavy atom. The summed E-state index contributed by atoms with van der Waals surface area (Å²) < 4.78 is 37.9. The van der Waals surface area contributed by atoms with Gasteiger partial charge in [0.15, 0.2) is 0 Å². The summed E-state index contributed by atoms with van der Waals surface area (Å²) in [6.07, 6.45) is 1.54. The molecule has 166 valence electrons. The Labute approximate surface area is 185 Å². The third kappa shape index (κ3) is 3.80. The number of rotatable bonds is 7. The first-order chi connectivity index (χ1) is 15.3. The molecule has 1 unspecified atom stereocenters. The van der Waals surface area contributed by atoms with E-state index >= 15 is 0 Å². The number of nitriles is 1. The molecule has 6 N–H and O–H groups in total. The maximum Gasteiger partial charge on any atom is 0.240 e. The number of benzene rings is 1. The molecule has 1 saturated heterocycles. The highest BCUT2D eigenvalue weighted by Gasteiger charge is 2.40. The number of pyridine rings is 1. The molecule has 0 spiro atoms. The average Bonchev–Trinajstić information content (AvgIpc) is 3.27. The van der Waals surface area contributed by atoms with Crippen LogP contribution >= 0.6 is 0 Å². The molecule has 3 heterocycles. The Morgan fingerprint density at radius 1 is 1.25 bits per heavy atom. The van der Waals surface area contributed by atoms with Gasteiger partial charge in [0, 0.05) is 37.1 Å². The first-order valence-corrected chi connectivity index (χ1v) is 12.3. The number of primary sulfonamides is 1. The maximum absolute atomic E-state index is 12.7. The number of tetrazole rings is 1. The van der Waals surface area contributed by atoms with Gasteiger partial charge < -0.3 is 11.1 Å². The van der Waals surface area contributed by atoms with E-state index in [0.717, 1.165) is 0 Å². The van der Waals surface area contributed by atoms with Crippen molar-refractivity contribution in [3.8, 4) is 28.6 Å². The van der Waals surface area contributed by atoms with Gasteiger partial charge in [-0.15, -0.1) is 10.2 Å². The molecule has 1 aliphatic heterocycles. The van der Waals surface area contributed by atoms with Crippen LogP contribution < -0.4 is 16.2 Å². The predicted octanol–water partition coefficient (Wildman–Crippen LogP) is -0.993. The average molecular weight is 474 g/mol. The van der Waals surface area contributed by atoms with Crippen molar-refractivity contribution in [1.29, 1.82) is 5.26 Å². The van der Waals surface area contributed by atoms with Gasteiger partial charge in [-0.3, -0.25) is 9.19 Å². The number of nitrogens with one attached hydrogen (secondary N) is 2. The summed E-state index contributed by atoms with van der Waals surface area (Å²) in [6.45, 7) is 1.10. The lowest BCUT2D eigenvalue weighted by atomic mass is 9.79. The van der Waals surface area contributed by atoms with E-state index in [4.69, 9.17) is 10.9 Å². The van der Waals surface area contributed by atoms with E-state index in [1.54, 1.807) is 18.2 Å². The van der Waals surface area contributed by atoms with Crippen LogP contribution in [0.5, 0.6) is 0 Å². The normalized spacial score (nSPS) is 16.2. The lowest BCUT2D eigenvalue weighted by molar-refractivity contribution is 0.348. The summed E-state index contributed by atoms with van der Waals surface area (Å²) in [5.41, 5.74) is 6.42. The van der Waals surface area contributed by atoms with Crippen LogP contribution in [0.3, 0.4) is 0 Å². The molecule has 0 radical (unpaired) electrons. The van der Waals surface area contributed by atoms with Crippen LogP contribution in [0, 0.1) is 11.3 Å². The molecule has 4 rings (SSSR count). The van der Waals surface area contributed by atoms with Gasteiger partial charge in [-0.05, 0) is 22.9 Å². The van der Waals surface area contributed by atoms with Crippen molar-refractivity contribution < 1.29 is 12.6 Å².